The maximum atomic E-state index is 13.0. The first-order valence-electron chi connectivity index (χ1n) is 6.74. The van der Waals surface area contributed by atoms with Crippen LogP contribution in [0, 0.1) is 11.7 Å². The van der Waals surface area contributed by atoms with Crippen molar-refractivity contribution < 1.29 is 4.39 Å². The number of nitrogens with zero attached hydrogens (tertiary/aromatic N) is 1. The standard InChI is InChI=1S/C15H24FN3/c1-11(2)12(3)19-15(17-4)18-9-8-13-6-5-7-14(16)10-13/h5-7,10-12H,8-9H2,1-4H3,(H2,17,18,19). The van der Waals surface area contributed by atoms with Crippen molar-refractivity contribution in [1.29, 1.82) is 0 Å². The smallest absolute Gasteiger partial charge is 0.191 e. The molecular formula is C15H24FN3. The largest absolute Gasteiger partial charge is 0.356 e. The summed E-state index contributed by atoms with van der Waals surface area (Å²) in [5.41, 5.74) is 0.986. The molecule has 106 valence electrons. The van der Waals surface area contributed by atoms with Crippen LogP contribution in [0.5, 0.6) is 0 Å². The number of hydrogen-bond donors (Lipinski definition) is 2. The summed E-state index contributed by atoms with van der Waals surface area (Å²) in [7, 11) is 1.75. The van der Waals surface area contributed by atoms with Gasteiger partial charge >= 0.3 is 0 Å². The molecule has 1 aromatic carbocycles. The highest BCUT2D eigenvalue weighted by molar-refractivity contribution is 5.79. The zero-order valence-electron chi connectivity index (χ0n) is 12.2. The fourth-order valence-electron chi connectivity index (χ4n) is 1.59. The molecule has 4 heteroatoms. The van der Waals surface area contributed by atoms with Crippen LogP contribution in [-0.2, 0) is 6.42 Å². The lowest BCUT2D eigenvalue weighted by atomic mass is 10.1. The third kappa shape index (κ3) is 5.73. The van der Waals surface area contributed by atoms with Gasteiger partial charge in [-0.3, -0.25) is 4.99 Å². The minimum absolute atomic E-state index is 0.187. The molecule has 0 aromatic heterocycles. The molecule has 19 heavy (non-hydrogen) atoms. The number of guanidine groups is 1. The fraction of sp³-hybridized carbons (Fsp3) is 0.533. The SMILES string of the molecule is CN=C(NCCc1cccc(F)c1)NC(C)C(C)C. The summed E-state index contributed by atoms with van der Waals surface area (Å²) < 4.78 is 13.0. The van der Waals surface area contributed by atoms with Gasteiger partial charge in [0.05, 0.1) is 0 Å². The lowest BCUT2D eigenvalue weighted by molar-refractivity contribution is 0.481. The van der Waals surface area contributed by atoms with Gasteiger partial charge in [-0.1, -0.05) is 26.0 Å². The van der Waals surface area contributed by atoms with Gasteiger partial charge in [0.25, 0.3) is 0 Å². The summed E-state index contributed by atoms with van der Waals surface area (Å²) in [6.07, 6.45) is 0.772. The number of aliphatic imine (C=N–C) groups is 1. The minimum Gasteiger partial charge on any atom is -0.356 e. The Balaban J connectivity index is 2.38. The molecule has 0 radical (unpaired) electrons. The van der Waals surface area contributed by atoms with Crippen molar-refractivity contribution in [2.45, 2.75) is 33.2 Å². The Kier molecular flexibility index (Phi) is 6.33. The second-order valence-corrected chi connectivity index (χ2v) is 5.06. The number of hydrogen-bond acceptors (Lipinski definition) is 1. The third-order valence-electron chi connectivity index (χ3n) is 3.18. The molecule has 0 amide bonds. The Morgan fingerprint density at radius 1 is 1.32 bits per heavy atom. The van der Waals surface area contributed by atoms with Crippen molar-refractivity contribution in [3.63, 3.8) is 0 Å². The third-order valence-corrected chi connectivity index (χ3v) is 3.18. The van der Waals surface area contributed by atoms with Crippen LogP contribution >= 0.6 is 0 Å². The van der Waals surface area contributed by atoms with E-state index in [2.05, 4.69) is 36.4 Å². The highest BCUT2D eigenvalue weighted by Crippen LogP contribution is 2.03. The van der Waals surface area contributed by atoms with Crippen LogP contribution in [0.15, 0.2) is 29.3 Å². The van der Waals surface area contributed by atoms with Gasteiger partial charge in [0.2, 0.25) is 0 Å². The van der Waals surface area contributed by atoms with Crippen molar-refractivity contribution in [2.75, 3.05) is 13.6 Å². The van der Waals surface area contributed by atoms with Crippen LogP contribution < -0.4 is 10.6 Å². The van der Waals surface area contributed by atoms with E-state index in [0.29, 0.717) is 12.0 Å². The average Bonchev–Trinajstić information content (AvgIpc) is 2.37. The molecule has 3 nitrogen and oxygen atoms in total. The number of rotatable bonds is 5. The van der Waals surface area contributed by atoms with E-state index in [1.807, 2.05) is 6.07 Å². The number of nitrogens with one attached hydrogen (secondary N) is 2. The topological polar surface area (TPSA) is 36.4 Å². The predicted octanol–water partition coefficient (Wildman–Crippen LogP) is 2.58. The van der Waals surface area contributed by atoms with Crippen LogP contribution in [0.25, 0.3) is 0 Å². The molecule has 1 unspecified atom stereocenters. The van der Waals surface area contributed by atoms with Gasteiger partial charge in [-0.25, -0.2) is 4.39 Å². The van der Waals surface area contributed by atoms with Crippen LogP contribution in [0.1, 0.15) is 26.3 Å². The molecule has 1 atom stereocenters. The van der Waals surface area contributed by atoms with Gasteiger partial charge < -0.3 is 10.6 Å². The first kappa shape index (κ1) is 15.5. The summed E-state index contributed by atoms with van der Waals surface area (Å²) >= 11 is 0. The van der Waals surface area contributed by atoms with E-state index in [4.69, 9.17) is 0 Å². The second-order valence-electron chi connectivity index (χ2n) is 5.06. The Bertz CT molecular complexity index is 416. The van der Waals surface area contributed by atoms with Crippen molar-refractivity contribution in [3.05, 3.63) is 35.6 Å². The molecular weight excluding hydrogens is 241 g/mol. The number of halogens is 1. The summed E-state index contributed by atoms with van der Waals surface area (Å²) in [4.78, 5) is 4.18. The minimum atomic E-state index is -0.187. The summed E-state index contributed by atoms with van der Waals surface area (Å²) in [6, 6.07) is 7.05. The van der Waals surface area contributed by atoms with Gasteiger partial charge in [-0.2, -0.15) is 0 Å². The fourth-order valence-corrected chi connectivity index (χ4v) is 1.59. The average molecular weight is 265 g/mol. The van der Waals surface area contributed by atoms with E-state index < -0.39 is 0 Å². The lowest BCUT2D eigenvalue weighted by Gasteiger charge is -2.20. The van der Waals surface area contributed by atoms with Gasteiger partial charge in [-0.05, 0) is 37.0 Å². The Labute approximate surface area is 115 Å². The normalized spacial score (nSPS) is 13.5. The molecule has 2 N–H and O–H groups in total. The zero-order valence-corrected chi connectivity index (χ0v) is 12.2. The van der Waals surface area contributed by atoms with Crippen molar-refractivity contribution in [1.82, 2.24) is 10.6 Å². The Morgan fingerprint density at radius 2 is 2.05 bits per heavy atom. The van der Waals surface area contributed by atoms with Crippen molar-refractivity contribution in [2.24, 2.45) is 10.9 Å². The number of benzene rings is 1. The first-order valence-corrected chi connectivity index (χ1v) is 6.74. The molecule has 0 heterocycles. The Morgan fingerprint density at radius 3 is 2.63 bits per heavy atom. The van der Waals surface area contributed by atoms with Crippen LogP contribution in [0.2, 0.25) is 0 Å². The van der Waals surface area contributed by atoms with E-state index in [-0.39, 0.29) is 5.82 Å². The zero-order chi connectivity index (χ0) is 14.3. The van der Waals surface area contributed by atoms with Gasteiger partial charge in [0.15, 0.2) is 5.96 Å². The molecule has 0 saturated heterocycles. The molecule has 1 aromatic rings. The Hall–Kier alpha value is -1.58. The van der Waals surface area contributed by atoms with E-state index >= 15 is 0 Å². The molecule has 0 aliphatic heterocycles. The van der Waals surface area contributed by atoms with E-state index in [0.717, 1.165) is 24.5 Å². The van der Waals surface area contributed by atoms with Crippen molar-refractivity contribution >= 4 is 5.96 Å². The highest BCUT2D eigenvalue weighted by atomic mass is 19.1. The second kappa shape index (κ2) is 7.77. The quantitative estimate of drug-likeness (QED) is 0.634. The van der Waals surface area contributed by atoms with E-state index in [9.17, 15) is 4.39 Å². The maximum absolute atomic E-state index is 13.0. The van der Waals surface area contributed by atoms with Gasteiger partial charge in [-0.15, -0.1) is 0 Å². The predicted molar refractivity (Wildman–Crippen MR) is 78.9 cm³/mol. The lowest BCUT2D eigenvalue weighted by Crippen LogP contribution is -2.44. The van der Waals surface area contributed by atoms with Gasteiger partial charge in [0.1, 0.15) is 5.82 Å². The molecule has 0 fully saturated rings. The molecule has 1 rings (SSSR count). The van der Waals surface area contributed by atoms with Gasteiger partial charge in [0, 0.05) is 19.6 Å². The highest BCUT2D eigenvalue weighted by Gasteiger charge is 2.08. The van der Waals surface area contributed by atoms with E-state index in [1.54, 1.807) is 19.2 Å². The molecule has 0 aliphatic rings. The molecule has 0 spiro atoms. The maximum Gasteiger partial charge on any atom is 0.191 e. The molecule has 0 saturated carbocycles. The first-order chi connectivity index (χ1) is 9.02. The summed E-state index contributed by atoms with van der Waals surface area (Å²) in [6.45, 7) is 7.19. The molecule has 0 aliphatic carbocycles. The van der Waals surface area contributed by atoms with Crippen molar-refractivity contribution in [3.8, 4) is 0 Å². The van der Waals surface area contributed by atoms with E-state index in [1.165, 1.54) is 6.07 Å². The van der Waals surface area contributed by atoms with Crippen LogP contribution in [0.3, 0.4) is 0 Å². The van der Waals surface area contributed by atoms with Crippen LogP contribution in [0.4, 0.5) is 4.39 Å². The van der Waals surface area contributed by atoms with Crippen LogP contribution in [-0.4, -0.2) is 25.6 Å². The molecule has 0 bridgehead atoms. The monoisotopic (exact) mass is 265 g/mol. The summed E-state index contributed by atoms with van der Waals surface area (Å²) in [5, 5.41) is 6.57. The summed E-state index contributed by atoms with van der Waals surface area (Å²) in [5.74, 6) is 1.15.